The van der Waals surface area contributed by atoms with Crippen LogP contribution in [-0.4, -0.2) is 30.1 Å². The minimum Gasteiger partial charge on any atom is -0.369 e. The summed E-state index contributed by atoms with van der Waals surface area (Å²) in [6.45, 7) is 7.28. The van der Waals surface area contributed by atoms with Crippen molar-refractivity contribution in [2.45, 2.75) is 39.0 Å². The molecule has 190 valence electrons. The maximum absolute atomic E-state index is 15.5. The second-order valence-electron chi connectivity index (χ2n) is 9.30. The van der Waals surface area contributed by atoms with Crippen molar-refractivity contribution < 1.29 is 13.9 Å². The van der Waals surface area contributed by atoms with Gasteiger partial charge in [0.25, 0.3) is 5.91 Å². The number of ether oxygens (including phenoxy) is 1. The van der Waals surface area contributed by atoms with Crippen molar-refractivity contribution in [2.24, 2.45) is 0 Å². The summed E-state index contributed by atoms with van der Waals surface area (Å²) in [6.07, 6.45) is 0. The van der Waals surface area contributed by atoms with Crippen molar-refractivity contribution in [3.8, 4) is 17.2 Å². The maximum Gasteiger partial charge on any atom is 0.271 e. The zero-order valence-corrected chi connectivity index (χ0v) is 24.9. The number of carbonyl (C=O) groups excluding carboxylic acids is 1. The number of carbonyl (C=O) groups is 1. The van der Waals surface area contributed by atoms with E-state index in [0.717, 1.165) is 6.04 Å². The van der Waals surface area contributed by atoms with Gasteiger partial charge in [-0.1, -0.05) is 53.2 Å². The summed E-state index contributed by atoms with van der Waals surface area (Å²) < 4.78 is 23.5. The van der Waals surface area contributed by atoms with Gasteiger partial charge in [-0.25, -0.2) is 9.37 Å². The lowest BCUT2D eigenvalue weighted by Gasteiger charge is -2.16. The third-order valence-corrected chi connectivity index (χ3v) is 8.45. The molecule has 0 atom stereocenters. The van der Waals surface area contributed by atoms with Crippen LogP contribution in [0.5, 0.6) is 0 Å². The molecule has 7 nitrogen and oxygen atoms in total. The van der Waals surface area contributed by atoms with Crippen LogP contribution in [0.2, 0.25) is 30.7 Å². The molecule has 0 fully saturated rings. The number of hydrogen-bond donors (Lipinski definition) is 2. The highest BCUT2D eigenvalue weighted by Crippen LogP contribution is 2.35. The highest BCUT2D eigenvalue weighted by atomic mass is 79.9. The van der Waals surface area contributed by atoms with Gasteiger partial charge in [0.15, 0.2) is 0 Å². The van der Waals surface area contributed by atoms with Crippen LogP contribution in [0.25, 0.3) is 11.1 Å². The molecule has 0 aliphatic rings. The topological polar surface area (TPSA) is 106 Å². The summed E-state index contributed by atoms with van der Waals surface area (Å²) in [5.74, 6) is -0.901. The van der Waals surface area contributed by atoms with Gasteiger partial charge in [-0.2, -0.15) is 5.26 Å². The summed E-state index contributed by atoms with van der Waals surface area (Å²) in [6, 6.07) is 10.9. The van der Waals surface area contributed by atoms with E-state index in [0.29, 0.717) is 27.2 Å². The number of halogens is 4. The highest BCUT2D eigenvalue weighted by Gasteiger charge is 2.22. The normalized spacial score (nSPS) is 11.4. The Kier molecular flexibility index (Phi) is 9.35. The number of benzene rings is 2. The van der Waals surface area contributed by atoms with Gasteiger partial charge >= 0.3 is 0 Å². The van der Waals surface area contributed by atoms with E-state index in [1.807, 2.05) is 6.07 Å². The summed E-state index contributed by atoms with van der Waals surface area (Å²) >= 11 is 12.8. The Morgan fingerprint density at radius 1 is 1.31 bits per heavy atom. The molecule has 0 bridgehead atoms. The fourth-order valence-electron chi connectivity index (χ4n) is 3.38. The predicted molar refractivity (Wildman–Crippen MR) is 149 cm³/mol. The fraction of sp³-hybridized carbons (Fsp3) is 0.292. The molecule has 0 radical (unpaired) electrons. The molecule has 0 aliphatic heterocycles. The van der Waals surface area contributed by atoms with Crippen molar-refractivity contribution in [3.05, 3.63) is 67.1 Å². The van der Waals surface area contributed by atoms with Crippen molar-refractivity contribution in [1.29, 1.82) is 5.26 Å². The molecule has 36 heavy (non-hydrogen) atoms. The van der Waals surface area contributed by atoms with Gasteiger partial charge in [0, 0.05) is 41.8 Å². The average Bonchev–Trinajstić information content (AvgIpc) is 3.07. The number of hydrogen-bond acceptors (Lipinski definition) is 5. The number of nitrogens with zero attached hydrogens (tertiary/aromatic N) is 3. The van der Waals surface area contributed by atoms with Gasteiger partial charge < -0.3 is 15.8 Å². The Morgan fingerprint density at radius 2 is 2.03 bits per heavy atom. The molecule has 1 amide bonds. The van der Waals surface area contributed by atoms with Gasteiger partial charge in [-0.3, -0.25) is 9.36 Å². The second kappa shape index (κ2) is 11.9. The Morgan fingerprint density at radius 3 is 2.69 bits per heavy atom. The van der Waals surface area contributed by atoms with Crippen LogP contribution in [0.15, 0.2) is 39.4 Å². The molecule has 3 rings (SSSR count). The van der Waals surface area contributed by atoms with Crippen LogP contribution in [0, 0.1) is 17.1 Å². The van der Waals surface area contributed by atoms with Gasteiger partial charge in [0.2, 0.25) is 5.95 Å². The van der Waals surface area contributed by atoms with Gasteiger partial charge in [-0.15, -0.1) is 0 Å². The summed E-state index contributed by atoms with van der Waals surface area (Å²) in [5.41, 5.74) is 7.42. The molecule has 0 aliphatic carbocycles. The van der Waals surface area contributed by atoms with Crippen LogP contribution in [-0.2, 0) is 18.0 Å². The first kappa shape index (κ1) is 28.3. The lowest BCUT2D eigenvalue weighted by molar-refractivity contribution is 0.0798. The van der Waals surface area contributed by atoms with E-state index in [9.17, 15) is 10.1 Å². The van der Waals surface area contributed by atoms with Crippen LogP contribution in [0.3, 0.4) is 0 Å². The standard InChI is InChI=1S/C24H25Br2ClFN5O2Si/c1-36(2,3)7-6-35-13-33-21(22(26)32-24(33)30)23(34)31-12-15-4-5-18(25)19(20(15)28)16-8-14(11-29)9-17(27)10-16/h4-5,8-10H,6-7,12-13H2,1-3H3,(H2,30,32)(H,31,34). The SMILES string of the molecule is C[Si](C)(C)CCOCn1c(N)nc(Br)c1C(=O)NCc1ccc(Br)c(-c2cc(Cl)cc(C#N)c2)c1F. The van der Waals surface area contributed by atoms with Crippen molar-refractivity contribution in [1.82, 2.24) is 14.9 Å². The number of amides is 1. The first-order valence-electron chi connectivity index (χ1n) is 11.0. The molecule has 3 aromatic rings. The minimum atomic E-state index is -1.27. The van der Waals surface area contributed by atoms with Crippen LogP contribution < -0.4 is 11.1 Å². The molecule has 0 saturated carbocycles. The Balaban J connectivity index is 1.80. The number of aromatic nitrogens is 2. The van der Waals surface area contributed by atoms with Gasteiger partial charge in [-0.05, 0) is 51.8 Å². The van der Waals surface area contributed by atoms with Crippen LogP contribution in [0.4, 0.5) is 10.3 Å². The van der Waals surface area contributed by atoms with E-state index < -0.39 is 19.8 Å². The zero-order chi connectivity index (χ0) is 26.6. The number of nitrogen functional groups attached to an aromatic ring is 1. The molecule has 12 heteroatoms. The molecule has 3 N–H and O–H groups in total. The average molecular weight is 658 g/mol. The monoisotopic (exact) mass is 655 g/mol. The van der Waals surface area contributed by atoms with Gasteiger partial charge in [0.1, 0.15) is 22.8 Å². The third-order valence-electron chi connectivity index (χ3n) is 5.31. The molecule has 0 unspecified atom stereocenters. The third kappa shape index (κ3) is 6.95. The minimum absolute atomic E-state index is 0.0739. The summed E-state index contributed by atoms with van der Waals surface area (Å²) in [4.78, 5) is 17.2. The van der Waals surface area contributed by atoms with E-state index in [1.165, 1.54) is 10.6 Å². The van der Waals surface area contributed by atoms with E-state index in [4.69, 9.17) is 22.1 Å². The number of rotatable bonds is 9. The largest absolute Gasteiger partial charge is 0.369 e. The summed E-state index contributed by atoms with van der Waals surface area (Å²) in [7, 11) is -1.27. The smallest absolute Gasteiger partial charge is 0.271 e. The van der Waals surface area contributed by atoms with Crippen molar-refractivity contribution >= 4 is 63.4 Å². The first-order valence-corrected chi connectivity index (χ1v) is 16.6. The van der Waals surface area contributed by atoms with E-state index >= 15 is 4.39 Å². The summed E-state index contributed by atoms with van der Waals surface area (Å²) in [5, 5.41) is 12.3. The second-order valence-corrected chi connectivity index (χ2v) is 17.0. The molecule has 1 heterocycles. The van der Waals surface area contributed by atoms with E-state index in [1.54, 1.807) is 24.3 Å². The molecule has 0 spiro atoms. The van der Waals surface area contributed by atoms with Crippen LogP contribution >= 0.6 is 43.5 Å². The molecular weight excluding hydrogens is 633 g/mol. The number of nitrogens with two attached hydrogens (primary N) is 1. The maximum atomic E-state index is 15.5. The Bertz CT molecular complexity index is 1340. The van der Waals surface area contributed by atoms with Gasteiger partial charge in [0.05, 0.1) is 11.6 Å². The predicted octanol–water partition coefficient (Wildman–Crippen LogP) is 6.56. The molecule has 0 saturated heterocycles. The number of nitrogens with one attached hydrogen (secondary N) is 1. The lowest BCUT2D eigenvalue weighted by Crippen LogP contribution is -2.27. The zero-order valence-electron chi connectivity index (χ0n) is 20.0. The number of nitriles is 1. The van der Waals surface area contributed by atoms with E-state index in [2.05, 4.69) is 61.8 Å². The Hall–Kier alpha value is -2.23. The van der Waals surface area contributed by atoms with E-state index in [-0.39, 0.29) is 40.6 Å². The molecule has 2 aromatic carbocycles. The first-order chi connectivity index (χ1) is 16.9. The highest BCUT2D eigenvalue weighted by molar-refractivity contribution is 9.10. The van der Waals surface area contributed by atoms with Crippen LogP contribution in [0.1, 0.15) is 21.6 Å². The molecule has 1 aromatic heterocycles. The molecular formula is C24H25Br2ClFN5O2Si. The lowest BCUT2D eigenvalue weighted by atomic mass is 10.00. The number of anilines is 1. The van der Waals surface area contributed by atoms with Crippen molar-refractivity contribution in [2.75, 3.05) is 12.3 Å². The quantitative estimate of drug-likeness (QED) is 0.200. The Labute approximate surface area is 232 Å². The number of imidazole rings is 1. The van der Waals surface area contributed by atoms with Crippen molar-refractivity contribution in [3.63, 3.8) is 0 Å². The fourth-order valence-corrected chi connectivity index (χ4v) is 5.48.